The van der Waals surface area contributed by atoms with Crippen LogP contribution >= 0.6 is 0 Å². The summed E-state index contributed by atoms with van der Waals surface area (Å²) in [5.74, 6) is 0. The molecule has 1 saturated carbocycles. The maximum Gasteiger partial charge on any atom is 0.0805 e. The summed E-state index contributed by atoms with van der Waals surface area (Å²) in [7, 11) is 4.26. The minimum Gasteiger partial charge on any atom is -0.377 e. The number of likely N-dealkylation sites (tertiary alicyclic amines) is 1. The van der Waals surface area contributed by atoms with Crippen molar-refractivity contribution in [1.82, 2.24) is 9.80 Å². The molecule has 0 aromatic heterocycles. The van der Waals surface area contributed by atoms with Gasteiger partial charge < -0.3 is 4.74 Å². The predicted molar refractivity (Wildman–Crippen MR) is 78.5 cm³/mol. The minimum atomic E-state index is 0.167. The molecule has 3 rings (SSSR count). The Hall–Kier alpha value is -0.120. The molecule has 2 bridgehead atoms. The molecular weight excluding hydrogens is 236 g/mol. The van der Waals surface area contributed by atoms with Crippen LogP contribution in [0.3, 0.4) is 0 Å². The van der Waals surface area contributed by atoms with E-state index in [2.05, 4.69) is 16.8 Å². The van der Waals surface area contributed by atoms with Crippen molar-refractivity contribution >= 4 is 0 Å². The normalized spacial score (nSPS) is 36.3. The Morgan fingerprint density at radius 1 is 1.05 bits per heavy atom. The van der Waals surface area contributed by atoms with Crippen molar-refractivity contribution in [2.75, 3.05) is 33.8 Å². The van der Waals surface area contributed by atoms with Crippen molar-refractivity contribution in [3.05, 3.63) is 0 Å². The van der Waals surface area contributed by atoms with E-state index in [9.17, 15) is 0 Å². The summed E-state index contributed by atoms with van der Waals surface area (Å²) < 4.78 is 5.97. The molecule has 0 amide bonds. The van der Waals surface area contributed by atoms with Crippen molar-refractivity contribution in [1.29, 1.82) is 0 Å². The quantitative estimate of drug-likeness (QED) is 0.780. The van der Waals surface area contributed by atoms with Gasteiger partial charge in [0, 0.05) is 32.3 Å². The van der Waals surface area contributed by atoms with Gasteiger partial charge in [-0.3, -0.25) is 9.80 Å². The zero-order chi connectivity index (χ0) is 13.3. The second-order valence-corrected chi connectivity index (χ2v) is 7.02. The molecule has 2 atom stereocenters. The monoisotopic (exact) mass is 266 g/mol. The van der Waals surface area contributed by atoms with Crippen molar-refractivity contribution in [3.8, 4) is 0 Å². The first-order chi connectivity index (χ1) is 9.22. The highest BCUT2D eigenvalue weighted by molar-refractivity contribution is 4.94. The lowest BCUT2D eigenvalue weighted by Gasteiger charge is -2.40. The lowest BCUT2D eigenvalue weighted by Crippen LogP contribution is -2.48. The third-order valence-corrected chi connectivity index (χ3v) is 5.94. The van der Waals surface area contributed by atoms with Crippen LogP contribution in [0.1, 0.15) is 51.4 Å². The standard InChI is InChI=1S/C16H30N2O/c1-17-14-6-7-15(17)12-18(11-8-14)13-16(19-2)9-4-3-5-10-16/h14-15H,3-13H2,1-2H3. The summed E-state index contributed by atoms with van der Waals surface area (Å²) in [6.45, 7) is 3.70. The number of rotatable bonds is 3. The van der Waals surface area contributed by atoms with Gasteiger partial charge in [-0.05, 0) is 45.7 Å². The molecule has 19 heavy (non-hydrogen) atoms. The maximum atomic E-state index is 5.97. The van der Waals surface area contributed by atoms with Crippen LogP contribution in [-0.4, -0.2) is 61.3 Å². The largest absolute Gasteiger partial charge is 0.377 e. The molecule has 2 heterocycles. The molecule has 2 saturated heterocycles. The minimum absolute atomic E-state index is 0.167. The van der Waals surface area contributed by atoms with Crippen LogP contribution in [-0.2, 0) is 4.74 Å². The van der Waals surface area contributed by atoms with Crippen LogP contribution in [0.2, 0.25) is 0 Å². The Labute approximate surface area is 118 Å². The number of nitrogens with zero attached hydrogens (tertiary/aromatic N) is 2. The molecule has 0 aromatic carbocycles. The Bertz CT molecular complexity index is 301. The molecule has 0 spiro atoms. The highest BCUT2D eigenvalue weighted by Gasteiger charge is 2.38. The number of hydrogen-bond donors (Lipinski definition) is 0. The van der Waals surface area contributed by atoms with E-state index in [1.807, 2.05) is 7.11 Å². The van der Waals surface area contributed by atoms with Gasteiger partial charge in [0.2, 0.25) is 0 Å². The third-order valence-electron chi connectivity index (χ3n) is 5.94. The predicted octanol–water partition coefficient (Wildman–Crippen LogP) is 2.50. The average Bonchev–Trinajstić information content (AvgIpc) is 2.68. The number of ether oxygens (including phenoxy) is 1. The lowest BCUT2D eigenvalue weighted by atomic mass is 9.84. The fraction of sp³-hybridized carbons (Fsp3) is 1.00. The molecular formula is C16H30N2O. The van der Waals surface area contributed by atoms with Gasteiger partial charge in [0.15, 0.2) is 0 Å². The SMILES string of the molecule is COC1(CN2CCC3CCC(C2)N3C)CCCCC1. The van der Waals surface area contributed by atoms with E-state index in [4.69, 9.17) is 4.74 Å². The first-order valence-electron chi connectivity index (χ1n) is 8.22. The first-order valence-corrected chi connectivity index (χ1v) is 8.22. The molecule has 3 aliphatic rings. The molecule has 3 nitrogen and oxygen atoms in total. The van der Waals surface area contributed by atoms with E-state index in [1.165, 1.54) is 71.0 Å². The average molecular weight is 266 g/mol. The smallest absolute Gasteiger partial charge is 0.0805 e. The van der Waals surface area contributed by atoms with Gasteiger partial charge in [-0.25, -0.2) is 0 Å². The number of fused-ring (bicyclic) bond motifs is 2. The van der Waals surface area contributed by atoms with E-state index in [0.29, 0.717) is 0 Å². The molecule has 3 heteroatoms. The summed E-state index contributed by atoms with van der Waals surface area (Å²) in [6.07, 6.45) is 10.8. The fourth-order valence-corrected chi connectivity index (χ4v) is 4.55. The molecule has 3 fully saturated rings. The third kappa shape index (κ3) is 2.84. The lowest BCUT2D eigenvalue weighted by molar-refractivity contribution is -0.0626. The van der Waals surface area contributed by atoms with Crippen LogP contribution in [0.4, 0.5) is 0 Å². The van der Waals surface area contributed by atoms with Gasteiger partial charge in [-0.15, -0.1) is 0 Å². The van der Waals surface area contributed by atoms with Gasteiger partial charge >= 0.3 is 0 Å². The van der Waals surface area contributed by atoms with Crippen LogP contribution < -0.4 is 0 Å². The van der Waals surface area contributed by atoms with Gasteiger partial charge in [0.1, 0.15) is 0 Å². The topological polar surface area (TPSA) is 15.7 Å². The molecule has 0 radical (unpaired) electrons. The number of likely N-dealkylation sites (N-methyl/N-ethyl adjacent to an activating group) is 1. The highest BCUT2D eigenvalue weighted by atomic mass is 16.5. The molecule has 0 aromatic rings. The molecule has 0 N–H and O–H groups in total. The summed E-state index contributed by atoms with van der Waals surface area (Å²) >= 11 is 0. The first kappa shape index (κ1) is 13.8. The van der Waals surface area contributed by atoms with Crippen LogP contribution in [0.15, 0.2) is 0 Å². The van der Waals surface area contributed by atoms with E-state index in [1.54, 1.807) is 0 Å². The van der Waals surface area contributed by atoms with Gasteiger partial charge in [-0.1, -0.05) is 19.3 Å². The van der Waals surface area contributed by atoms with Crippen molar-refractivity contribution < 1.29 is 4.74 Å². The molecule has 2 unspecified atom stereocenters. The second kappa shape index (κ2) is 5.71. The zero-order valence-electron chi connectivity index (χ0n) is 12.7. The van der Waals surface area contributed by atoms with Gasteiger partial charge in [-0.2, -0.15) is 0 Å². The Kier molecular flexibility index (Phi) is 4.16. The zero-order valence-corrected chi connectivity index (χ0v) is 12.7. The molecule has 1 aliphatic carbocycles. The summed E-state index contributed by atoms with van der Waals surface area (Å²) in [5, 5.41) is 0. The van der Waals surface area contributed by atoms with Gasteiger partial charge in [0.05, 0.1) is 5.60 Å². The fourth-order valence-electron chi connectivity index (χ4n) is 4.55. The summed E-state index contributed by atoms with van der Waals surface area (Å²) in [5.41, 5.74) is 0.167. The van der Waals surface area contributed by atoms with Crippen LogP contribution in [0.5, 0.6) is 0 Å². The van der Waals surface area contributed by atoms with Crippen LogP contribution in [0, 0.1) is 0 Å². The second-order valence-electron chi connectivity index (χ2n) is 7.02. The maximum absolute atomic E-state index is 5.97. The van der Waals surface area contributed by atoms with Crippen molar-refractivity contribution in [2.45, 2.75) is 69.1 Å². The number of methoxy groups -OCH3 is 1. The van der Waals surface area contributed by atoms with E-state index in [0.717, 1.165) is 12.1 Å². The van der Waals surface area contributed by atoms with Crippen molar-refractivity contribution in [3.63, 3.8) is 0 Å². The van der Waals surface area contributed by atoms with E-state index in [-0.39, 0.29) is 5.60 Å². The van der Waals surface area contributed by atoms with E-state index < -0.39 is 0 Å². The summed E-state index contributed by atoms with van der Waals surface area (Å²) in [4.78, 5) is 5.34. The summed E-state index contributed by atoms with van der Waals surface area (Å²) in [6, 6.07) is 1.64. The van der Waals surface area contributed by atoms with E-state index >= 15 is 0 Å². The molecule has 110 valence electrons. The molecule has 2 aliphatic heterocycles. The van der Waals surface area contributed by atoms with Crippen molar-refractivity contribution in [2.24, 2.45) is 0 Å². The number of hydrogen-bond acceptors (Lipinski definition) is 3. The Morgan fingerprint density at radius 2 is 1.79 bits per heavy atom. The Balaban J connectivity index is 1.62. The highest BCUT2D eigenvalue weighted by Crippen LogP contribution is 2.34. The van der Waals surface area contributed by atoms with Crippen LogP contribution in [0.25, 0.3) is 0 Å². The van der Waals surface area contributed by atoms with Gasteiger partial charge in [0.25, 0.3) is 0 Å². The Morgan fingerprint density at radius 3 is 2.53 bits per heavy atom.